The van der Waals surface area contributed by atoms with Gasteiger partial charge in [0.25, 0.3) is 11.8 Å². The summed E-state index contributed by atoms with van der Waals surface area (Å²) in [5, 5.41) is 5.94. The number of carbonyl (C=O) groups is 4. The Balaban J connectivity index is 1.47. The van der Waals surface area contributed by atoms with Crippen LogP contribution in [0.2, 0.25) is 5.02 Å². The van der Waals surface area contributed by atoms with E-state index in [1.54, 1.807) is 24.3 Å². The fraction of sp³-hybridized carbons (Fsp3) is 0.500. The van der Waals surface area contributed by atoms with E-state index in [1.807, 2.05) is 6.92 Å². The first-order valence-corrected chi connectivity index (χ1v) is 10.0. The lowest BCUT2D eigenvalue weighted by Gasteiger charge is -2.36. The Labute approximate surface area is 173 Å². The summed E-state index contributed by atoms with van der Waals surface area (Å²) in [6.07, 6.45) is 3.27. The number of imide groups is 1. The number of ether oxygens (including phenoxy) is 1. The molecule has 8 nitrogen and oxygen atoms in total. The molecule has 4 amide bonds. The van der Waals surface area contributed by atoms with Crippen molar-refractivity contribution in [2.24, 2.45) is 5.92 Å². The molecule has 2 aliphatic rings. The molecule has 9 heteroatoms. The summed E-state index contributed by atoms with van der Waals surface area (Å²) in [6, 6.07) is 6.42. The van der Waals surface area contributed by atoms with Gasteiger partial charge in [0.2, 0.25) is 0 Å². The van der Waals surface area contributed by atoms with E-state index in [1.165, 1.54) is 0 Å². The monoisotopic (exact) mass is 421 g/mol. The maximum absolute atomic E-state index is 12.8. The van der Waals surface area contributed by atoms with E-state index in [2.05, 4.69) is 10.6 Å². The van der Waals surface area contributed by atoms with Gasteiger partial charge in [-0.15, -0.1) is 0 Å². The van der Waals surface area contributed by atoms with Crippen molar-refractivity contribution in [2.45, 2.75) is 44.7 Å². The summed E-state index contributed by atoms with van der Waals surface area (Å²) in [4.78, 5) is 49.9. The highest BCUT2D eigenvalue weighted by molar-refractivity contribution is 6.30. The zero-order chi connectivity index (χ0) is 21.0. The van der Waals surface area contributed by atoms with Gasteiger partial charge in [-0.05, 0) is 36.5 Å². The zero-order valence-corrected chi connectivity index (χ0v) is 17.0. The Bertz CT molecular complexity index is 830. The van der Waals surface area contributed by atoms with E-state index in [0.717, 1.165) is 29.7 Å². The van der Waals surface area contributed by atoms with Gasteiger partial charge >= 0.3 is 12.0 Å². The topological polar surface area (TPSA) is 105 Å². The van der Waals surface area contributed by atoms with Crippen molar-refractivity contribution in [3.8, 4) is 0 Å². The Morgan fingerprint density at radius 2 is 2.14 bits per heavy atom. The predicted molar refractivity (Wildman–Crippen MR) is 105 cm³/mol. The van der Waals surface area contributed by atoms with E-state index >= 15 is 0 Å². The third-order valence-corrected chi connectivity index (χ3v) is 5.77. The van der Waals surface area contributed by atoms with Crippen molar-refractivity contribution in [2.75, 3.05) is 13.2 Å². The molecule has 3 rings (SSSR count). The molecule has 29 heavy (non-hydrogen) atoms. The van der Waals surface area contributed by atoms with Gasteiger partial charge in [0.1, 0.15) is 12.1 Å². The van der Waals surface area contributed by atoms with Crippen LogP contribution in [-0.2, 0) is 25.7 Å². The minimum absolute atomic E-state index is 0.00554. The van der Waals surface area contributed by atoms with Crippen molar-refractivity contribution in [3.05, 3.63) is 34.9 Å². The minimum Gasteiger partial charge on any atom is -0.454 e. The molecular formula is C20H24ClN3O5. The molecule has 1 aromatic carbocycles. The van der Waals surface area contributed by atoms with Gasteiger partial charge in [-0.2, -0.15) is 0 Å². The Morgan fingerprint density at radius 3 is 2.86 bits per heavy atom. The van der Waals surface area contributed by atoms with Gasteiger partial charge in [-0.3, -0.25) is 19.3 Å². The number of halogens is 1. The number of hydrogen-bond donors (Lipinski definition) is 2. The first-order chi connectivity index (χ1) is 13.8. The van der Waals surface area contributed by atoms with Gasteiger partial charge in [0, 0.05) is 11.6 Å². The van der Waals surface area contributed by atoms with E-state index in [-0.39, 0.29) is 12.5 Å². The largest absolute Gasteiger partial charge is 0.454 e. The lowest BCUT2D eigenvalue weighted by Crippen LogP contribution is -2.54. The molecule has 2 N–H and O–H groups in total. The number of carbonyl (C=O) groups excluding carboxylic acids is 4. The zero-order valence-electron chi connectivity index (χ0n) is 16.2. The van der Waals surface area contributed by atoms with E-state index in [9.17, 15) is 19.2 Å². The molecule has 1 spiro atoms. The maximum Gasteiger partial charge on any atom is 0.326 e. The summed E-state index contributed by atoms with van der Waals surface area (Å²) < 4.78 is 4.93. The van der Waals surface area contributed by atoms with Crippen LogP contribution in [-0.4, -0.2) is 47.4 Å². The number of nitrogens with zero attached hydrogens (tertiary/aromatic N) is 1. The van der Waals surface area contributed by atoms with Gasteiger partial charge in [-0.25, -0.2) is 4.79 Å². The van der Waals surface area contributed by atoms with Crippen LogP contribution in [0.4, 0.5) is 4.79 Å². The Kier molecular flexibility index (Phi) is 6.42. The highest BCUT2D eigenvalue weighted by Gasteiger charge is 2.55. The third-order valence-electron chi connectivity index (χ3n) is 5.53. The molecule has 1 aromatic rings. The second kappa shape index (κ2) is 8.82. The molecule has 0 radical (unpaired) electrons. The second-order valence-electron chi connectivity index (χ2n) is 7.51. The first kappa shape index (κ1) is 21.1. The van der Waals surface area contributed by atoms with Crippen molar-refractivity contribution in [3.63, 3.8) is 0 Å². The second-order valence-corrected chi connectivity index (χ2v) is 7.94. The molecule has 2 fully saturated rings. The number of amides is 4. The van der Waals surface area contributed by atoms with Crippen LogP contribution in [0.15, 0.2) is 24.3 Å². The van der Waals surface area contributed by atoms with E-state index in [0.29, 0.717) is 11.4 Å². The standard InChI is InChI=1S/C20H24ClN3O5/c1-13-5-2-3-8-20(13)18(27)24(19(28)23-20)11-17(26)29-12-16(25)22-10-14-6-4-7-15(21)9-14/h4,6-7,9,13H,2-3,5,8,10-12H2,1H3,(H,22,25)(H,23,28)/t13-,20-/m0/s1. The van der Waals surface area contributed by atoms with Gasteiger partial charge in [0.15, 0.2) is 6.61 Å². The number of esters is 1. The van der Waals surface area contributed by atoms with E-state index in [4.69, 9.17) is 16.3 Å². The van der Waals surface area contributed by atoms with Crippen LogP contribution >= 0.6 is 11.6 Å². The molecular weight excluding hydrogens is 398 g/mol. The average molecular weight is 422 g/mol. The fourth-order valence-corrected chi connectivity index (χ4v) is 4.07. The van der Waals surface area contributed by atoms with E-state index < -0.39 is 42.5 Å². The molecule has 0 unspecified atom stereocenters. The van der Waals surface area contributed by atoms with Crippen LogP contribution in [0.25, 0.3) is 0 Å². The maximum atomic E-state index is 12.8. The smallest absolute Gasteiger partial charge is 0.326 e. The van der Waals surface area contributed by atoms with Crippen molar-refractivity contribution >= 4 is 35.4 Å². The number of nitrogens with one attached hydrogen (secondary N) is 2. The molecule has 0 aromatic heterocycles. The van der Waals surface area contributed by atoms with Crippen LogP contribution < -0.4 is 10.6 Å². The molecule has 1 aliphatic carbocycles. The van der Waals surface area contributed by atoms with Gasteiger partial charge in [-0.1, -0.05) is 43.5 Å². The summed E-state index contributed by atoms with van der Waals surface area (Å²) in [5.74, 6) is -1.69. The first-order valence-electron chi connectivity index (χ1n) is 9.63. The molecule has 1 saturated heterocycles. The van der Waals surface area contributed by atoms with Crippen LogP contribution in [0, 0.1) is 5.92 Å². The van der Waals surface area contributed by atoms with Gasteiger partial charge < -0.3 is 15.4 Å². The lowest BCUT2D eigenvalue weighted by atomic mass is 9.73. The number of hydrogen-bond acceptors (Lipinski definition) is 5. The highest BCUT2D eigenvalue weighted by atomic mass is 35.5. The van der Waals surface area contributed by atoms with Crippen molar-refractivity contribution in [1.29, 1.82) is 0 Å². The van der Waals surface area contributed by atoms with Crippen LogP contribution in [0.1, 0.15) is 38.2 Å². The number of benzene rings is 1. The average Bonchev–Trinajstić information content (AvgIpc) is 2.92. The van der Waals surface area contributed by atoms with Gasteiger partial charge in [0.05, 0.1) is 0 Å². The Morgan fingerprint density at radius 1 is 1.34 bits per heavy atom. The SMILES string of the molecule is C[C@H]1CCCC[C@]12NC(=O)N(CC(=O)OCC(=O)NCc1cccc(Cl)c1)C2=O. The summed E-state index contributed by atoms with van der Waals surface area (Å²) >= 11 is 5.88. The van der Waals surface area contributed by atoms with Crippen LogP contribution in [0.5, 0.6) is 0 Å². The third kappa shape index (κ3) is 4.70. The minimum atomic E-state index is -0.927. The molecule has 0 bridgehead atoms. The lowest BCUT2D eigenvalue weighted by molar-refractivity contribution is -0.151. The van der Waals surface area contributed by atoms with Crippen LogP contribution in [0.3, 0.4) is 0 Å². The molecule has 1 heterocycles. The summed E-state index contributed by atoms with van der Waals surface area (Å²) in [5.41, 5.74) is -0.118. The Hall–Kier alpha value is -2.61. The molecule has 2 atom stereocenters. The molecule has 156 valence electrons. The van der Waals surface area contributed by atoms with Crippen molar-refractivity contribution < 1.29 is 23.9 Å². The quantitative estimate of drug-likeness (QED) is 0.540. The van der Waals surface area contributed by atoms with Crippen molar-refractivity contribution in [1.82, 2.24) is 15.5 Å². The predicted octanol–water partition coefficient (Wildman–Crippen LogP) is 2.00. The summed E-state index contributed by atoms with van der Waals surface area (Å²) in [6.45, 7) is 1.17. The number of rotatable bonds is 6. The number of urea groups is 1. The normalized spacial score (nSPS) is 23.8. The highest BCUT2D eigenvalue weighted by Crippen LogP contribution is 2.38. The molecule has 1 aliphatic heterocycles. The fourth-order valence-electron chi connectivity index (χ4n) is 3.86. The molecule has 1 saturated carbocycles. The summed E-state index contributed by atoms with van der Waals surface area (Å²) in [7, 11) is 0.